The molecule has 3 heterocycles. The molecule has 134 valence electrons. The zero-order valence-electron chi connectivity index (χ0n) is 14.8. The number of nitrogens with zero attached hydrogens (tertiary/aromatic N) is 3. The van der Waals surface area contributed by atoms with E-state index >= 15 is 0 Å². The van der Waals surface area contributed by atoms with E-state index in [1.807, 2.05) is 47.4 Å². The largest absolute Gasteiger partial charge is 0.334 e. The third-order valence-electron chi connectivity index (χ3n) is 5.34. The Bertz CT molecular complexity index is 806. The second-order valence-corrected chi connectivity index (χ2v) is 6.99. The highest BCUT2D eigenvalue weighted by Gasteiger charge is 2.31. The lowest BCUT2D eigenvalue weighted by Gasteiger charge is -2.35. The van der Waals surface area contributed by atoms with Crippen molar-refractivity contribution in [2.75, 3.05) is 13.1 Å². The van der Waals surface area contributed by atoms with Crippen LogP contribution >= 0.6 is 0 Å². The summed E-state index contributed by atoms with van der Waals surface area (Å²) in [5.74, 6) is 0.150. The number of carbonyl (C=O) groups excluding carboxylic acids is 2. The second kappa shape index (κ2) is 7.28. The predicted molar refractivity (Wildman–Crippen MR) is 98.3 cm³/mol. The minimum absolute atomic E-state index is 0.0355. The van der Waals surface area contributed by atoms with Gasteiger partial charge < -0.3 is 9.80 Å². The summed E-state index contributed by atoms with van der Waals surface area (Å²) in [5.41, 5.74) is 2.78. The van der Waals surface area contributed by atoms with Crippen LogP contribution in [0.5, 0.6) is 0 Å². The highest BCUT2D eigenvalue weighted by Crippen LogP contribution is 2.30. The van der Waals surface area contributed by atoms with Gasteiger partial charge in [-0.05, 0) is 43.0 Å². The molecule has 26 heavy (non-hydrogen) atoms. The van der Waals surface area contributed by atoms with E-state index in [1.165, 1.54) is 0 Å². The molecule has 2 amide bonds. The molecular weight excluding hydrogens is 326 g/mol. The molecule has 0 aliphatic carbocycles. The average Bonchev–Trinajstić information content (AvgIpc) is 3.03. The molecule has 0 bridgehead atoms. The number of likely N-dealkylation sites (tertiary alicyclic amines) is 1. The number of carbonyl (C=O) groups is 2. The molecule has 0 saturated carbocycles. The van der Waals surface area contributed by atoms with Crippen LogP contribution in [0.15, 0.2) is 48.7 Å². The summed E-state index contributed by atoms with van der Waals surface area (Å²) >= 11 is 0. The van der Waals surface area contributed by atoms with Gasteiger partial charge in [-0.25, -0.2) is 0 Å². The van der Waals surface area contributed by atoms with Gasteiger partial charge in [0.25, 0.3) is 5.91 Å². The zero-order chi connectivity index (χ0) is 17.9. The van der Waals surface area contributed by atoms with E-state index < -0.39 is 0 Å². The lowest BCUT2D eigenvalue weighted by atomic mass is 9.98. The van der Waals surface area contributed by atoms with Gasteiger partial charge >= 0.3 is 0 Å². The molecule has 2 aliphatic heterocycles. The van der Waals surface area contributed by atoms with Crippen LogP contribution < -0.4 is 0 Å². The molecule has 1 aromatic carbocycles. The molecule has 1 aromatic heterocycles. The summed E-state index contributed by atoms with van der Waals surface area (Å²) in [6.07, 6.45) is 5.25. The van der Waals surface area contributed by atoms with Crippen molar-refractivity contribution in [1.82, 2.24) is 14.8 Å². The summed E-state index contributed by atoms with van der Waals surface area (Å²) in [7, 11) is 0. The van der Waals surface area contributed by atoms with Gasteiger partial charge in [0, 0.05) is 37.8 Å². The number of hydrogen-bond donors (Lipinski definition) is 0. The maximum Gasteiger partial charge on any atom is 0.254 e. The minimum atomic E-state index is 0.0355. The van der Waals surface area contributed by atoms with Crippen molar-refractivity contribution < 1.29 is 9.59 Å². The first-order valence-electron chi connectivity index (χ1n) is 9.31. The number of hydrogen-bond acceptors (Lipinski definition) is 3. The molecule has 1 atom stereocenters. The third-order valence-corrected chi connectivity index (χ3v) is 5.34. The number of fused-ring (bicyclic) bond motifs is 1. The van der Waals surface area contributed by atoms with Crippen molar-refractivity contribution >= 4 is 11.8 Å². The average molecular weight is 349 g/mol. The van der Waals surface area contributed by atoms with E-state index in [9.17, 15) is 9.59 Å². The molecule has 5 heteroatoms. The molecule has 1 unspecified atom stereocenters. The quantitative estimate of drug-likeness (QED) is 0.852. The maximum absolute atomic E-state index is 12.9. The maximum atomic E-state index is 12.9. The van der Waals surface area contributed by atoms with Gasteiger partial charge in [-0.3, -0.25) is 14.6 Å². The van der Waals surface area contributed by atoms with Crippen molar-refractivity contribution in [1.29, 1.82) is 0 Å². The first kappa shape index (κ1) is 16.8. The molecular formula is C21H23N3O2. The van der Waals surface area contributed by atoms with Gasteiger partial charge in [0.05, 0.1) is 11.7 Å². The topological polar surface area (TPSA) is 53.5 Å². The zero-order valence-corrected chi connectivity index (χ0v) is 14.8. The summed E-state index contributed by atoms with van der Waals surface area (Å²) in [4.78, 5) is 33.5. The van der Waals surface area contributed by atoms with Crippen LogP contribution in [0.2, 0.25) is 0 Å². The summed E-state index contributed by atoms with van der Waals surface area (Å²) < 4.78 is 0. The Morgan fingerprint density at radius 2 is 1.96 bits per heavy atom. The van der Waals surface area contributed by atoms with Crippen LogP contribution in [-0.4, -0.2) is 39.7 Å². The van der Waals surface area contributed by atoms with Gasteiger partial charge in [0.1, 0.15) is 0 Å². The smallest absolute Gasteiger partial charge is 0.254 e. The Hall–Kier alpha value is -2.69. The highest BCUT2D eigenvalue weighted by atomic mass is 16.2. The molecule has 0 spiro atoms. The van der Waals surface area contributed by atoms with E-state index in [4.69, 9.17) is 0 Å². The number of pyridine rings is 1. The van der Waals surface area contributed by atoms with Crippen molar-refractivity contribution in [3.05, 3.63) is 65.5 Å². The molecule has 4 rings (SSSR count). The Morgan fingerprint density at radius 1 is 1.12 bits per heavy atom. The molecule has 2 aliphatic rings. The van der Waals surface area contributed by atoms with Gasteiger partial charge in [0.2, 0.25) is 5.91 Å². The Balaban J connectivity index is 1.41. The first-order chi connectivity index (χ1) is 12.7. The SMILES string of the molecule is O=C1c2ccccc2CN1CCC(=O)N1CCCCC1c1ccccn1. The Labute approximate surface area is 153 Å². The number of benzene rings is 1. The first-order valence-corrected chi connectivity index (χ1v) is 9.31. The van der Waals surface area contributed by atoms with Crippen LogP contribution in [0.25, 0.3) is 0 Å². The number of aromatic nitrogens is 1. The lowest BCUT2D eigenvalue weighted by molar-refractivity contribution is -0.135. The van der Waals surface area contributed by atoms with E-state index in [2.05, 4.69) is 4.98 Å². The highest BCUT2D eigenvalue weighted by molar-refractivity contribution is 5.98. The van der Waals surface area contributed by atoms with Crippen LogP contribution in [0.3, 0.4) is 0 Å². The molecule has 1 saturated heterocycles. The van der Waals surface area contributed by atoms with Crippen molar-refractivity contribution in [2.45, 2.75) is 38.3 Å². The van der Waals surface area contributed by atoms with Gasteiger partial charge in [-0.2, -0.15) is 0 Å². The van der Waals surface area contributed by atoms with Gasteiger partial charge in [-0.1, -0.05) is 24.3 Å². The monoisotopic (exact) mass is 349 g/mol. The van der Waals surface area contributed by atoms with Gasteiger partial charge in [-0.15, -0.1) is 0 Å². The summed E-state index contributed by atoms with van der Waals surface area (Å²) in [6, 6.07) is 13.6. The minimum Gasteiger partial charge on any atom is -0.334 e. The summed E-state index contributed by atoms with van der Waals surface area (Å²) in [5, 5.41) is 0. The third kappa shape index (κ3) is 3.21. The van der Waals surface area contributed by atoms with Crippen LogP contribution in [0.4, 0.5) is 0 Å². The van der Waals surface area contributed by atoms with Gasteiger partial charge in [0.15, 0.2) is 0 Å². The second-order valence-electron chi connectivity index (χ2n) is 6.99. The van der Waals surface area contributed by atoms with Crippen LogP contribution in [0, 0.1) is 0 Å². The Morgan fingerprint density at radius 3 is 2.77 bits per heavy atom. The van der Waals surface area contributed by atoms with Crippen molar-refractivity contribution in [2.24, 2.45) is 0 Å². The molecule has 0 radical (unpaired) electrons. The van der Waals surface area contributed by atoms with E-state index in [0.717, 1.165) is 42.6 Å². The molecule has 5 nitrogen and oxygen atoms in total. The molecule has 0 N–H and O–H groups in total. The van der Waals surface area contributed by atoms with E-state index in [1.54, 1.807) is 11.1 Å². The fraction of sp³-hybridized carbons (Fsp3) is 0.381. The lowest BCUT2D eigenvalue weighted by Crippen LogP contribution is -2.40. The number of piperidine rings is 1. The number of amides is 2. The van der Waals surface area contributed by atoms with Crippen molar-refractivity contribution in [3.8, 4) is 0 Å². The van der Waals surface area contributed by atoms with Crippen molar-refractivity contribution in [3.63, 3.8) is 0 Å². The summed E-state index contributed by atoms with van der Waals surface area (Å²) in [6.45, 7) is 1.85. The predicted octanol–water partition coefficient (Wildman–Crippen LogP) is 3.18. The normalized spacial score (nSPS) is 19.5. The fourth-order valence-electron chi connectivity index (χ4n) is 3.98. The standard InChI is InChI=1S/C21H23N3O2/c25-20(11-14-23-15-16-7-1-2-8-17(16)21(23)26)24-13-6-4-10-19(24)18-9-3-5-12-22-18/h1-3,5,7-9,12,19H,4,6,10-11,13-15H2. The fourth-order valence-corrected chi connectivity index (χ4v) is 3.98. The molecule has 1 fully saturated rings. The van der Waals surface area contributed by atoms with Crippen LogP contribution in [0.1, 0.15) is 53.3 Å². The van der Waals surface area contributed by atoms with E-state index in [0.29, 0.717) is 19.5 Å². The Kier molecular flexibility index (Phi) is 4.69. The van der Waals surface area contributed by atoms with Crippen LogP contribution in [-0.2, 0) is 11.3 Å². The molecule has 2 aromatic rings. The van der Waals surface area contributed by atoms with E-state index in [-0.39, 0.29) is 17.9 Å². The number of rotatable bonds is 4.